The minimum atomic E-state index is -0.0937. The molecule has 0 heterocycles. The maximum absolute atomic E-state index is 5.87. The highest BCUT2D eigenvalue weighted by atomic mass is 35.5. The fourth-order valence-electron chi connectivity index (χ4n) is 0.843. The van der Waals surface area contributed by atoms with Crippen molar-refractivity contribution < 1.29 is 0 Å². The van der Waals surface area contributed by atoms with Crippen molar-refractivity contribution in [3.8, 4) is 0 Å². The highest BCUT2D eigenvalue weighted by Crippen LogP contribution is 2.25. The van der Waals surface area contributed by atoms with Gasteiger partial charge in [0.2, 0.25) is 0 Å². The van der Waals surface area contributed by atoms with Gasteiger partial charge in [-0.3, -0.25) is 0 Å². The summed E-state index contributed by atoms with van der Waals surface area (Å²) in [6, 6.07) is 0. The first kappa shape index (κ1) is 12.8. The Morgan fingerprint density at radius 2 is 1.14 bits per heavy atom. The Balaban J connectivity index is 4.00. The van der Waals surface area contributed by atoms with Gasteiger partial charge in [-0.15, -0.1) is 0 Å². The predicted molar refractivity (Wildman–Crippen MR) is 66.4 cm³/mol. The van der Waals surface area contributed by atoms with Crippen LogP contribution in [0.25, 0.3) is 11.1 Å². The van der Waals surface area contributed by atoms with Crippen LogP contribution in [0, 0.1) is 0 Å². The molecule has 0 aliphatic heterocycles. The van der Waals surface area contributed by atoms with Gasteiger partial charge < -0.3 is 0 Å². The van der Waals surface area contributed by atoms with Crippen LogP contribution in [0.15, 0.2) is 0 Å². The minimum absolute atomic E-state index is 0.0937. The molecule has 0 radical (unpaired) electrons. The van der Waals surface area contributed by atoms with Crippen molar-refractivity contribution in [1.82, 2.24) is 0 Å². The Labute approximate surface area is 111 Å². The molecule has 0 bridgehead atoms. The molecule has 1 rings (SSSR count). The van der Waals surface area contributed by atoms with E-state index in [1.165, 1.54) is 0 Å². The Hall–Kier alpha value is 0.700. The lowest BCUT2D eigenvalue weighted by Gasteiger charge is -2.04. The third-order valence-electron chi connectivity index (χ3n) is 1.54. The summed E-state index contributed by atoms with van der Waals surface area (Å²) in [6.07, 6.45) is 0. The molecule has 0 spiro atoms. The van der Waals surface area contributed by atoms with Gasteiger partial charge in [0.25, 0.3) is 0 Å². The summed E-state index contributed by atoms with van der Waals surface area (Å²) >= 11 is 34.6. The van der Waals surface area contributed by atoms with Crippen LogP contribution < -0.4 is 10.4 Å². The fourth-order valence-corrected chi connectivity index (χ4v) is 2.50. The van der Waals surface area contributed by atoms with E-state index in [0.717, 1.165) is 0 Å². The molecule has 0 atom stereocenters. The molecule has 0 amide bonds. The number of benzene rings is 1. The quantitative estimate of drug-likeness (QED) is 0.628. The van der Waals surface area contributed by atoms with Crippen LogP contribution in [0.3, 0.4) is 0 Å². The third kappa shape index (κ3) is 2.11. The fraction of sp³-hybridized carbons (Fsp3) is 0. The van der Waals surface area contributed by atoms with Gasteiger partial charge in [0, 0.05) is 10.4 Å². The van der Waals surface area contributed by atoms with E-state index in [-0.39, 0.29) is 29.8 Å². The normalized spacial score (nSPS) is 10.4. The molecule has 0 nitrogen and oxygen atoms in total. The number of rotatable bonds is 0. The molecule has 0 N–H and O–H groups in total. The standard InChI is InChI=1S/C8H2Cl6/c1-2-4(9)6(11)3(8(13)14)7(12)5(2)10/h1H2. The zero-order valence-corrected chi connectivity index (χ0v) is 11.0. The first-order valence-electron chi connectivity index (χ1n) is 3.24. The van der Waals surface area contributed by atoms with Gasteiger partial charge in [0.05, 0.1) is 20.1 Å². The third-order valence-corrected chi connectivity index (χ3v) is 3.70. The Morgan fingerprint density at radius 3 is 1.43 bits per heavy atom. The van der Waals surface area contributed by atoms with Crippen LogP contribution in [0.5, 0.6) is 0 Å². The molecular formula is C8H2Cl6. The Morgan fingerprint density at radius 1 is 0.786 bits per heavy atom. The zero-order chi connectivity index (χ0) is 11.0. The van der Waals surface area contributed by atoms with Crippen molar-refractivity contribution in [2.75, 3.05) is 0 Å². The van der Waals surface area contributed by atoms with Crippen LogP contribution in [0.2, 0.25) is 20.1 Å². The lowest BCUT2D eigenvalue weighted by Crippen LogP contribution is -2.15. The average Bonchev–Trinajstić information content (AvgIpc) is 2.11. The molecule has 1 aromatic carbocycles. The van der Waals surface area contributed by atoms with E-state index >= 15 is 0 Å². The van der Waals surface area contributed by atoms with Crippen molar-refractivity contribution in [2.45, 2.75) is 0 Å². The predicted octanol–water partition coefficient (Wildman–Crippen LogP) is 4.25. The van der Waals surface area contributed by atoms with Gasteiger partial charge in [-0.2, -0.15) is 0 Å². The summed E-state index contributed by atoms with van der Waals surface area (Å²) in [6.45, 7) is 3.61. The van der Waals surface area contributed by atoms with Crippen molar-refractivity contribution in [2.24, 2.45) is 0 Å². The maximum atomic E-state index is 5.87. The lowest BCUT2D eigenvalue weighted by molar-refractivity contribution is 1.55. The second-order valence-electron chi connectivity index (χ2n) is 2.37. The van der Waals surface area contributed by atoms with Crippen molar-refractivity contribution in [3.63, 3.8) is 0 Å². The maximum Gasteiger partial charge on any atom is 0.117 e. The molecule has 0 aromatic heterocycles. The van der Waals surface area contributed by atoms with Crippen molar-refractivity contribution in [3.05, 3.63) is 30.5 Å². The second-order valence-corrected chi connectivity index (χ2v) is 4.83. The number of halogens is 6. The van der Waals surface area contributed by atoms with Crippen molar-refractivity contribution >= 4 is 80.7 Å². The van der Waals surface area contributed by atoms with Gasteiger partial charge in [0.1, 0.15) is 4.49 Å². The molecule has 76 valence electrons. The van der Waals surface area contributed by atoms with E-state index in [4.69, 9.17) is 69.6 Å². The summed E-state index contributed by atoms with van der Waals surface area (Å²) in [7, 11) is 0. The van der Waals surface area contributed by atoms with E-state index in [1.54, 1.807) is 0 Å². The average molecular weight is 311 g/mol. The SMILES string of the molecule is C=c1c(Cl)c(Cl)c(=C(Cl)Cl)c(Cl)c1Cl. The zero-order valence-electron chi connectivity index (χ0n) is 6.47. The highest BCUT2D eigenvalue weighted by molar-refractivity contribution is 6.74. The van der Waals surface area contributed by atoms with Crippen LogP contribution in [0.1, 0.15) is 0 Å². The van der Waals surface area contributed by atoms with Crippen LogP contribution in [-0.2, 0) is 0 Å². The summed E-state index contributed by atoms with van der Waals surface area (Å²) in [5.74, 6) is 0. The van der Waals surface area contributed by atoms with Crippen molar-refractivity contribution in [1.29, 1.82) is 0 Å². The first-order chi connectivity index (χ1) is 6.37. The summed E-state index contributed by atoms with van der Waals surface area (Å²) in [5.41, 5.74) is 0. The molecule has 0 saturated carbocycles. The van der Waals surface area contributed by atoms with Gasteiger partial charge in [-0.05, 0) is 0 Å². The summed E-state index contributed by atoms with van der Waals surface area (Å²) in [5, 5.41) is 1.24. The molecule has 0 aliphatic rings. The summed E-state index contributed by atoms with van der Waals surface area (Å²) in [4.78, 5) is 0. The Bertz CT molecular complexity index is 451. The monoisotopic (exact) mass is 308 g/mol. The number of hydrogen-bond donors (Lipinski definition) is 0. The summed E-state index contributed by atoms with van der Waals surface area (Å²) < 4.78 is -0.0937. The molecule has 0 unspecified atom stereocenters. The van der Waals surface area contributed by atoms with E-state index in [0.29, 0.717) is 5.22 Å². The first-order valence-corrected chi connectivity index (χ1v) is 5.51. The van der Waals surface area contributed by atoms with Gasteiger partial charge >= 0.3 is 0 Å². The molecular weight excluding hydrogens is 309 g/mol. The van der Waals surface area contributed by atoms with E-state index in [9.17, 15) is 0 Å². The lowest BCUT2D eigenvalue weighted by atomic mass is 10.3. The van der Waals surface area contributed by atoms with Gasteiger partial charge in [0.15, 0.2) is 0 Å². The van der Waals surface area contributed by atoms with E-state index < -0.39 is 0 Å². The molecule has 0 aliphatic carbocycles. The molecule has 0 fully saturated rings. The number of hydrogen-bond acceptors (Lipinski definition) is 0. The van der Waals surface area contributed by atoms with E-state index in [1.807, 2.05) is 0 Å². The largest absolute Gasteiger partial charge is 0.117 e. The van der Waals surface area contributed by atoms with Gasteiger partial charge in [-0.25, -0.2) is 0 Å². The smallest absolute Gasteiger partial charge is 0.0887 e. The van der Waals surface area contributed by atoms with E-state index in [2.05, 4.69) is 6.58 Å². The topological polar surface area (TPSA) is 0 Å². The Kier molecular flexibility index (Phi) is 4.28. The molecule has 1 aromatic rings. The van der Waals surface area contributed by atoms with Crippen LogP contribution >= 0.6 is 69.6 Å². The highest BCUT2D eigenvalue weighted by Gasteiger charge is 2.12. The van der Waals surface area contributed by atoms with Crippen LogP contribution in [0.4, 0.5) is 0 Å². The minimum Gasteiger partial charge on any atom is -0.0887 e. The molecule has 0 saturated heterocycles. The van der Waals surface area contributed by atoms with Crippen LogP contribution in [-0.4, -0.2) is 0 Å². The molecule has 6 heteroatoms. The molecule has 14 heavy (non-hydrogen) atoms. The second kappa shape index (κ2) is 4.69. The van der Waals surface area contributed by atoms with Gasteiger partial charge in [-0.1, -0.05) is 76.2 Å².